The number of fused-ring (bicyclic) bond motifs is 8. The number of benzene rings is 9. The molecule has 8 heterocycles. The van der Waals surface area contributed by atoms with E-state index in [2.05, 4.69) is 171 Å². The summed E-state index contributed by atoms with van der Waals surface area (Å²) in [4.78, 5) is 39.7. The van der Waals surface area contributed by atoms with Gasteiger partial charge in [0.15, 0.2) is 11.6 Å². The van der Waals surface area contributed by atoms with E-state index in [1.54, 1.807) is 0 Å². The van der Waals surface area contributed by atoms with Crippen LogP contribution in [0.4, 0.5) is 68.2 Å². The SMILES string of the molecule is O=C1c2ccccc2B2c3cc4c5c6c3N3c7c(cccc7N(c7ccccc7)c7ccc1c2c73)B6c1cccc2c1N5c1c(ccc3c1B4c1ccccc1C3=O)N2c1ccccc1. The number of ketones is 2. The Hall–Kier alpha value is -8.29. The van der Waals surface area contributed by atoms with Gasteiger partial charge in [0.2, 0.25) is 13.4 Å². The minimum Gasteiger partial charge on any atom is -0.308 e. The van der Waals surface area contributed by atoms with E-state index in [-0.39, 0.29) is 31.7 Å². The average molecular weight is 822 g/mol. The number of carbonyl (C=O) groups excluding carboxylic acids is 2. The molecule has 294 valence electrons. The van der Waals surface area contributed by atoms with Crippen LogP contribution in [0, 0.1) is 0 Å². The summed E-state index contributed by atoms with van der Waals surface area (Å²) in [5.74, 6) is 0.141. The molecule has 65 heavy (non-hydrogen) atoms. The molecule has 0 bridgehead atoms. The van der Waals surface area contributed by atoms with Crippen molar-refractivity contribution in [2.75, 3.05) is 19.6 Å². The van der Waals surface area contributed by atoms with E-state index >= 15 is 0 Å². The molecule has 0 saturated heterocycles. The van der Waals surface area contributed by atoms with Crippen LogP contribution >= 0.6 is 0 Å². The summed E-state index contributed by atoms with van der Waals surface area (Å²) in [6.07, 6.45) is 0. The van der Waals surface area contributed by atoms with Crippen molar-refractivity contribution in [3.63, 3.8) is 0 Å². The molecule has 0 spiro atoms. The lowest BCUT2D eigenvalue weighted by Gasteiger charge is -2.56. The first-order valence-corrected chi connectivity index (χ1v) is 22.6. The highest BCUT2D eigenvalue weighted by molar-refractivity contribution is 7.08. The number of nitrogens with zero attached hydrogens (tertiary/aromatic N) is 4. The van der Waals surface area contributed by atoms with E-state index in [0.29, 0.717) is 0 Å². The fourth-order valence-corrected chi connectivity index (χ4v) is 13.6. The maximum Gasteiger partial charge on any atom is 0.252 e. The van der Waals surface area contributed by atoms with E-state index in [0.717, 1.165) is 101 Å². The molecular formula is C56H29B3N4O2. The molecule has 0 atom stereocenters. The van der Waals surface area contributed by atoms with Crippen LogP contribution in [0.15, 0.2) is 176 Å². The maximum atomic E-state index is 14.9. The van der Waals surface area contributed by atoms with Crippen molar-refractivity contribution in [2.24, 2.45) is 0 Å². The van der Waals surface area contributed by atoms with E-state index < -0.39 is 0 Å². The van der Waals surface area contributed by atoms with Crippen molar-refractivity contribution in [3.8, 4) is 0 Å². The highest BCUT2D eigenvalue weighted by atomic mass is 16.1. The van der Waals surface area contributed by atoms with Crippen LogP contribution in [-0.2, 0) is 0 Å². The van der Waals surface area contributed by atoms with Crippen molar-refractivity contribution in [1.82, 2.24) is 0 Å². The summed E-state index contributed by atoms with van der Waals surface area (Å²) in [5, 5.41) is 0. The Morgan fingerprint density at radius 1 is 0.277 bits per heavy atom. The molecule has 0 aliphatic carbocycles. The second-order valence-corrected chi connectivity index (χ2v) is 18.5. The summed E-state index contributed by atoms with van der Waals surface area (Å²) in [6.45, 7) is -0.533. The zero-order valence-corrected chi connectivity index (χ0v) is 34.6. The van der Waals surface area contributed by atoms with Crippen LogP contribution in [0.25, 0.3) is 0 Å². The molecular weight excluding hydrogens is 793 g/mol. The number of rotatable bonds is 2. The Morgan fingerprint density at radius 3 is 1.15 bits per heavy atom. The Balaban J connectivity index is 1.09. The molecule has 17 rings (SSSR count). The van der Waals surface area contributed by atoms with Gasteiger partial charge in [-0.2, -0.15) is 0 Å². The van der Waals surface area contributed by atoms with Gasteiger partial charge in [0, 0.05) is 45.0 Å². The predicted molar refractivity (Wildman–Crippen MR) is 266 cm³/mol. The lowest BCUT2D eigenvalue weighted by atomic mass is 9.24. The van der Waals surface area contributed by atoms with E-state index in [1.165, 1.54) is 38.7 Å². The molecule has 0 N–H and O–H groups in total. The van der Waals surface area contributed by atoms with Gasteiger partial charge in [0.25, 0.3) is 6.71 Å². The molecule has 0 aromatic heterocycles. The number of carbonyl (C=O) groups is 2. The van der Waals surface area contributed by atoms with Crippen molar-refractivity contribution in [2.45, 2.75) is 0 Å². The summed E-state index contributed by atoms with van der Waals surface area (Å²) in [6, 6.07) is 62.8. The van der Waals surface area contributed by atoms with E-state index in [9.17, 15) is 9.59 Å². The topological polar surface area (TPSA) is 47.1 Å². The van der Waals surface area contributed by atoms with Gasteiger partial charge < -0.3 is 19.6 Å². The molecule has 0 unspecified atom stereocenters. The first-order valence-electron chi connectivity index (χ1n) is 22.6. The monoisotopic (exact) mass is 822 g/mol. The lowest BCUT2D eigenvalue weighted by Crippen LogP contribution is -2.73. The van der Waals surface area contributed by atoms with Crippen molar-refractivity contribution in [3.05, 3.63) is 198 Å². The molecule has 9 aromatic rings. The normalized spacial score (nSPS) is 15.5. The molecule has 0 radical (unpaired) electrons. The standard InChI is InChI=1S/C56H29B3N4O2/c64-55-32-17-7-9-19-36(32)57-40-29-41-52-48-51(40)62-49-38(21-11-23-42(49)60(30-13-3-1-4-14-30)44-27-25-34(55)46(57)53(44)62)59(48)39-22-12-24-43-50(39)63(52)54-45(61(43)31-15-5-2-6-16-31)28-26-35-47(54)58(41)37-20-10-8-18-33(37)56(35)65/h1-29H. The number of para-hydroxylation sites is 4. The van der Waals surface area contributed by atoms with Crippen LogP contribution in [0.5, 0.6) is 0 Å². The highest BCUT2D eigenvalue weighted by Gasteiger charge is 2.58. The van der Waals surface area contributed by atoms with Crippen LogP contribution < -0.4 is 68.8 Å². The van der Waals surface area contributed by atoms with Gasteiger partial charge in [-0.1, -0.05) is 126 Å². The predicted octanol–water partition coefficient (Wildman–Crippen LogP) is 6.08. The summed E-state index contributed by atoms with van der Waals surface area (Å²) >= 11 is 0. The van der Waals surface area contributed by atoms with Crippen molar-refractivity contribution < 1.29 is 9.59 Å². The molecule has 9 aromatic carbocycles. The molecule has 0 amide bonds. The van der Waals surface area contributed by atoms with Gasteiger partial charge in [-0.05, 0) is 98.9 Å². The van der Waals surface area contributed by atoms with Gasteiger partial charge in [0.05, 0.1) is 45.5 Å². The fourth-order valence-electron chi connectivity index (χ4n) is 13.6. The Morgan fingerprint density at radius 2 is 0.677 bits per heavy atom. The number of anilines is 12. The molecule has 8 aliphatic rings. The van der Waals surface area contributed by atoms with Gasteiger partial charge in [-0.15, -0.1) is 0 Å². The lowest BCUT2D eigenvalue weighted by molar-refractivity contribution is 0.103. The molecule has 8 aliphatic heterocycles. The second kappa shape index (κ2) is 11.1. The van der Waals surface area contributed by atoms with Crippen LogP contribution in [-0.4, -0.2) is 31.7 Å². The third-order valence-corrected chi connectivity index (χ3v) is 15.8. The smallest absolute Gasteiger partial charge is 0.252 e. The average Bonchev–Trinajstić information content (AvgIpc) is 3.36. The van der Waals surface area contributed by atoms with Crippen LogP contribution in [0.3, 0.4) is 0 Å². The first kappa shape index (κ1) is 33.3. The summed E-state index contributed by atoms with van der Waals surface area (Å²) in [5.41, 5.74) is 26.9. The Labute approximate surface area is 374 Å². The third-order valence-electron chi connectivity index (χ3n) is 15.8. The zero-order chi connectivity index (χ0) is 42.1. The fraction of sp³-hybridized carbons (Fsp3) is 0. The van der Waals surface area contributed by atoms with E-state index in [1.807, 2.05) is 24.3 Å². The van der Waals surface area contributed by atoms with Gasteiger partial charge >= 0.3 is 0 Å². The number of hydrogen-bond donors (Lipinski definition) is 0. The van der Waals surface area contributed by atoms with Crippen LogP contribution in [0.2, 0.25) is 0 Å². The Bertz CT molecular complexity index is 3590. The molecule has 0 fully saturated rings. The molecule has 9 heteroatoms. The minimum atomic E-state index is -0.206. The molecule has 0 saturated carbocycles. The maximum absolute atomic E-state index is 14.9. The zero-order valence-electron chi connectivity index (χ0n) is 34.6. The first-order chi connectivity index (χ1) is 32.2. The minimum absolute atomic E-state index is 0.0705. The third kappa shape index (κ3) is 3.59. The number of hydrogen-bond acceptors (Lipinski definition) is 6. The van der Waals surface area contributed by atoms with Crippen LogP contribution in [0.1, 0.15) is 31.8 Å². The van der Waals surface area contributed by atoms with Crippen molar-refractivity contribution >= 4 is 149 Å². The van der Waals surface area contributed by atoms with Crippen molar-refractivity contribution in [1.29, 1.82) is 0 Å². The quantitative estimate of drug-likeness (QED) is 0.197. The van der Waals surface area contributed by atoms with Gasteiger partial charge in [-0.25, -0.2) is 0 Å². The second-order valence-electron chi connectivity index (χ2n) is 18.5. The van der Waals surface area contributed by atoms with Gasteiger partial charge in [0.1, 0.15) is 0 Å². The largest absolute Gasteiger partial charge is 0.308 e. The van der Waals surface area contributed by atoms with E-state index in [4.69, 9.17) is 0 Å². The molecule has 6 nitrogen and oxygen atoms in total. The highest BCUT2D eigenvalue weighted by Crippen LogP contribution is 2.60. The Kier molecular flexibility index (Phi) is 5.67. The summed E-state index contributed by atoms with van der Waals surface area (Å²) < 4.78 is 0. The summed E-state index contributed by atoms with van der Waals surface area (Å²) in [7, 11) is 0. The van der Waals surface area contributed by atoms with Gasteiger partial charge in [-0.3, -0.25) is 9.59 Å².